The van der Waals surface area contributed by atoms with Crippen molar-refractivity contribution in [3.63, 3.8) is 0 Å². The number of amides is 1. The van der Waals surface area contributed by atoms with E-state index in [0.717, 1.165) is 28.2 Å². The number of thiazole rings is 1. The molecule has 0 radical (unpaired) electrons. The number of hydrogen-bond acceptors (Lipinski definition) is 6. The van der Waals surface area contributed by atoms with E-state index in [4.69, 9.17) is 10.8 Å². The summed E-state index contributed by atoms with van der Waals surface area (Å²) in [5.74, 6) is -0.898. The summed E-state index contributed by atoms with van der Waals surface area (Å²) in [5.41, 5.74) is 9.18. The maximum atomic E-state index is 13.7. The van der Waals surface area contributed by atoms with Crippen LogP contribution in [0.5, 0.6) is 0 Å². The molecule has 0 bridgehead atoms. The van der Waals surface area contributed by atoms with Crippen LogP contribution in [0.3, 0.4) is 0 Å². The van der Waals surface area contributed by atoms with Crippen LogP contribution in [0, 0.1) is 18.3 Å². The first kappa shape index (κ1) is 23.7. The van der Waals surface area contributed by atoms with Crippen molar-refractivity contribution in [3.8, 4) is 28.7 Å². The molecule has 9 heteroatoms. The van der Waals surface area contributed by atoms with Gasteiger partial charge < -0.3 is 5.73 Å². The van der Waals surface area contributed by atoms with Crippen LogP contribution in [0.1, 0.15) is 11.1 Å². The van der Waals surface area contributed by atoms with E-state index in [1.165, 1.54) is 4.57 Å². The van der Waals surface area contributed by atoms with Crippen molar-refractivity contribution in [1.29, 1.82) is 5.26 Å². The quantitative estimate of drug-likeness (QED) is 0.394. The Bertz CT molecular complexity index is 1840. The fraction of sp³-hybridized carbons (Fsp3) is 0.0357. The summed E-state index contributed by atoms with van der Waals surface area (Å²) in [6.45, 7) is 1.85. The number of carbonyl (C=O) groups is 1. The lowest BCUT2D eigenvalue weighted by Gasteiger charge is -2.06. The number of hydrogen-bond donors (Lipinski definition) is 1. The molecule has 180 valence electrons. The SMILES string of the molecule is Cc1ccccc1-n1c(=C(C#N)C(N)=O)sc(=Cc2cn(-c3ccccc3)nc2-c2cccnc2)c1=O. The van der Waals surface area contributed by atoms with Gasteiger partial charge in [0.1, 0.15) is 16.4 Å². The topological polar surface area (TPSA) is 120 Å². The van der Waals surface area contributed by atoms with E-state index in [1.54, 1.807) is 35.3 Å². The molecule has 2 N–H and O–H groups in total. The number of para-hydroxylation sites is 2. The maximum absolute atomic E-state index is 13.7. The lowest BCUT2D eigenvalue weighted by molar-refractivity contribution is -0.112. The number of benzene rings is 2. The summed E-state index contributed by atoms with van der Waals surface area (Å²) >= 11 is 1.04. The van der Waals surface area contributed by atoms with Crippen LogP contribution in [-0.2, 0) is 4.79 Å². The fourth-order valence-corrected chi connectivity index (χ4v) is 5.06. The molecule has 3 aromatic heterocycles. The molecule has 0 spiro atoms. The van der Waals surface area contributed by atoms with Gasteiger partial charge in [-0.3, -0.25) is 19.1 Å². The van der Waals surface area contributed by atoms with Crippen molar-refractivity contribution in [2.45, 2.75) is 6.92 Å². The molecule has 0 aliphatic heterocycles. The van der Waals surface area contributed by atoms with Gasteiger partial charge in [-0.1, -0.05) is 36.4 Å². The first-order valence-electron chi connectivity index (χ1n) is 11.3. The minimum atomic E-state index is -0.898. The third-order valence-corrected chi connectivity index (χ3v) is 6.83. The van der Waals surface area contributed by atoms with E-state index in [0.29, 0.717) is 21.5 Å². The average molecular weight is 505 g/mol. The monoisotopic (exact) mass is 504 g/mol. The van der Waals surface area contributed by atoms with Gasteiger partial charge in [0.2, 0.25) is 0 Å². The minimum absolute atomic E-state index is 0.180. The third kappa shape index (κ3) is 4.49. The van der Waals surface area contributed by atoms with E-state index in [9.17, 15) is 14.9 Å². The largest absolute Gasteiger partial charge is 0.365 e. The standard InChI is InChI=1S/C28H20N6O2S/c1-18-8-5-6-12-23(18)34-27(36)24(37-28(34)22(15-29)26(30)35)14-20-17-33(21-10-3-2-4-11-21)32-25(20)19-9-7-13-31-16-19/h2-14,16-17H,1H3,(H2,30,35). The van der Waals surface area contributed by atoms with Gasteiger partial charge in [-0.25, -0.2) is 4.68 Å². The van der Waals surface area contributed by atoms with Crippen molar-refractivity contribution in [1.82, 2.24) is 19.3 Å². The summed E-state index contributed by atoms with van der Waals surface area (Å²) < 4.78 is 3.61. The highest BCUT2D eigenvalue weighted by Crippen LogP contribution is 2.23. The molecule has 0 saturated carbocycles. The van der Waals surface area contributed by atoms with Crippen LogP contribution in [0.4, 0.5) is 0 Å². The molecule has 5 aromatic rings. The lowest BCUT2D eigenvalue weighted by atomic mass is 10.1. The molecule has 0 fully saturated rings. The second-order valence-electron chi connectivity index (χ2n) is 8.15. The molecule has 0 atom stereocenters. The fourth-order valence-electron chi connectivity index (χ4n) is 3.97. The van der Waals surface area contributed by atoms with Crippen molar-refractivity contribution in [2.24, 2.45) is 5.73 Å². The van der Waals surface area contributed by atoms with Gasteiger partial charge in [-0.2, -0.15) is 10.4 Å². The number of nitriles is 1. The molecule has 0 unspecified atom stereocenters. The smallest absolute Gasteiger partial charge is 0.273 e. The summed E-state index contributed by atoms with van der Waals surface area (Å²) in [7, 11) is 0. The Morgan fingerprint density at radius 2 is 1.84 bits per heavy atom. The zero-order chi connectivity index (χ0) is 25.9. The number of aromatic nitrogens is 4. The average Bonchev–Trinajstić information content (AvgIpc) is 3.47. The lowest BCUT2D eigenvalue weighted by Crippen LogP contribution is -2.32. The van der Waals surface area contributed by atoms with Crippen molar-refractivity contribution in [2.75, 3.05) is 0 Å². The van der Waals surface area contributed by atoms with Gasteiger partial charge >= 0.3 is 0 Å². The van der Waals surface area contributed by atoms with Gasteiger partial charge in [0, 0.05) is 29.7 Å². The Balaban J connectivity index is 1.83. The van der Waals surface area contributed by atoms with E-state index in [1.807, 2.05) is 73.8 Å². The van der Waals surface area contributed by atoms with Gasteiger partial charge in [0.15, 0.2) is 5.57 Å². The zero-order valence-corrected chi connectivity index (χ0v) is 20.5. The number of carbonyl (C=O) groups excluding carboxylic acids is 1. The highest BCUT2D eigenvalue weighted by molar-refractivity contribution is 7.07. The predicted molar refractivity (Wildman–Crippen MR) is 142 cm³/mol. The molecular formula is C28H20N6O2S. The first-order valence-corrected chi connectivity index (χ1v) is 12.1. The molecule has 0 aliphatic rings. The molecule has 5 rings (SSSR count). The second kappa shape index (κ2) is 9.89. The van der Waals surface area contributed by atoms with Crippen LogP contribution in [0.25, 0.3) is 34.3 Å². The van der Waals surface area contributed by atoms with E-state index < -0.39 is 5.91 Å². The number of primary amides is 1. The summed E-state index contributed by atoms with van der Waals surface area (Å²) in [6.07, 6.45) is 6.93. The maximum Gasteiger partial charge on any atom is 0.273 e. The van der Waals surface area contributed by atoms with Crippen LogP contribution < -0.4 is 20.5 Å². The van der Waals surface area contributed by atoms with Crippen LogP contribution in [-0.4, -0.2) is 25.2 Å². The zero-order valence-electron chi connectivity index (χ0n) is 19.7. The molecular weight excluding hydrogens is 484 g/mol. The molecule has 3 heterocycles. The Kier molecular flexibility index (Phi) is 6.32. The van der Waals surface area contributed by atoms with Crippen LogP contribution >= 0.6 is 11.3 Å². The Morgan fingerprint density at radius 3 is 2.51 bits per heavy atom. The Labute approximate surface area is 215 Å². The van der Waals surface area contributed by atoms with Crippen molar-refractivity contribution in [3.05, 3.63) is 116 Å². The molecule has 0 aliphatic carbocycles. The number of nitrogens with zero attached hydrogens (tertiary/aromatic N) is 5. The number of nitrogens with two attached hydrogens (primary N) is 1. The highest BCUT2D eigenvalue weighted by Gasteiger charge is 2.17. The molecule has 37 heavy (non-hydrogen) atoms. The van der Waals surface area contributed by atoms with Crippen molar-refractivity contribution >= 4 is 28.9 Å². The number of pyridine rings is 1. The van der Waals surface area contributed by atoms with E-state index in [2.05, 4.69) is 4.98 Å². The normalized spacial score (nSPS) is 12.3. The minimum Gasteiger partial charge on any atom is -0.365 e. The van der Waals surface area contributed by atoms with Gasteiger partial charge in [0.05, 0.1) is 15.9 Å². The van der Waals surface area contributed by atoms with Crippen LogP contribution in [0.2, 0.25) is 0 Å². The van der Waals surface area contributed by atoms with Gasteiger partial charge in [0.25, 0.3) is 11.5 Å². The summed E-state index contributed by atoms with van der Waals surface area (Å²) in [6, 6.07) is 22.5. The van der Waals surface area contributed by atoms with Gasteiger partial charge in [-0.15, -0.1) is 11.3 Å². The molecule has 0 saturated heterocycles. The first-order chi connectivity index (χ1) is 18.0. The van der Waals surface area contributed by atoms with Crippen molar-refractivity contribution < 1.29 is 4.79 Å². The Hall–Kier alpha value is -5.07. The van der Waals surface area contributed by atoms with E-state index in [-0.39, 0.29) is 15.8 Å². The summed E-state index contributed by atoms with van der Waals surface area (Å²) in [4.78, 5) is 30.1. The van der Waals surface area contributed by atoms with E-state index >= 15 is 0 Å². The molecule has 1 amide bonds. The Morgan fingerprint density at radius 1 is 1.08 bits per heavy atom. The number of aryl methyl sites for hydroxylation is 1. The molecule has 8 nitrogen and oxygen atoms in total. The summed E-state index contributed by atoms with van der Waals surface area (Å²) in [5, 5.41) is 14.4. The molecule has 2 aromatic carbocycles. The second-order valence-corrected chi connectivity index (χ2v) is 9.18. The van der Waals surface area contributed by atoms with Crippen LogP contribution in [0.15, 0.2) is 90.1 Å². The highest BCUT2D eigenvalue weighted by atomic mass is 32.1. The predicted octanol–water partition coefficient (Wildman–Crippen LogP) is 2.44. The number of rotatable bonds is 5. The van der Waals surface area contributed by atoms with Gasteiger partial charge in [-0.05, 0) is 48.9 Å². The third-order valence-electron chi connectivity index (χ3n) is 5.74.